The third-order valence-electron chi connectivity index (χ3n) is 6.29. The minimum atomic E-state index is -0.632. The van der Waals surface area contributed by atoms with E-state index in [1.165, 1.54) is 24.3 Å². The molecule has 0 fully saturated rings. The smallest absolute Gasteiger partial charge is 0.284 e. The summed E-state index contributed by atoms with van der Waals surface area (Å²) in [6.45, 7) is 0.534. The maximum atomic E-state index is 13.0. The standard InChI is InChI=1S/C28H23N7O5/c1-33-15-12-25(24-17-22(34(37)38)7-9-26(24)33)31-21-6-8-23(27(16-21)35(39)40)28(36)32-19-4-2-18(3-5-19)30-20-10-13-29-14-11-20/h2-14,16-17,31H,15H2,1H3,(H,29,30)(H,32,36). The largest absolute Gasteiger partial charge is 0.370 e. The number of hydrogen-bond donors (Lipinski definition) is 3. The zero-order valence-corrected chi connectivity index (χ0v) is 21.2. The highest BCUT2D eigenvalue weighted by Gasteiger charge is 2.23. The van der Waals surface area contributed by atoms with Crippen molar-refractivity contribution < 1.29 is 14.6 Å². The second-order valence-corrected chi connectivity index (χ2v) is 8.96. The van der Waals surface area contributed by atoms with Gasteiger partial charge in [-0.15, -0.1) is 0 Å². The minimum Gasteiger partial charge on any atom is -0.370 e. The van der Waals surface area contributed by atoms with E-state index in [1.54, 1.807) is 48.8 Å². The maximum Gasteiger partial charge on any atom is 0.284 e. The minimum absolute atomic E-state index is 0.0686. The van der Waals surface area contributed by atoms with Gasteiger partial charge in [-0.1, -0.05) is 0 Å². The van der Waals surface area contributed by atoms with Crippen LogP contribution in [0.5, 0.6) is 0 Å². The number of nitro groups is 2. The maximum absolute atomic E-state index is 13.0. The number of nitrogens with zero attached hydrogens (tertiary/aromatic N) is 4. The monoisotopic (exact) mass is 537 g/mol. The highest BCUT2D eigenvalue weighted by molar-refractivity contribution is 6.07. The Labute approximate surface area is 228 Å². The SMILES string of the molecule is CN1CC=C(Nc2ccc(C(=O)Nc3ccc(Nc4ccncc4)cc3)c([N+](=O)[O-])c2)c2cc([N+](=O)[O-])ccc21. The molecule has 0 aliphatic carbocycles. The normalized spacial score (nSPS) is 12.1. The Hall–Kier alpha value is -5.78. The van der Waals surface area contributed by atoms with E-state index in [0.717, 1.165) is 17.1 Å². The zero-order valence-electron chi connectivity index (χ0n) is 21.2. The summed E-state index contributed by atoms with van der Waals surface area (Å²) in [6.07, 6.45) is 5.17. The molecule has 0 unspecified atom stereocenters. The van der Waals surface area contributed by atoms with Crippen LogP contribution in [0.1, 0.15) is 15.9 Å². The molecule has 1 amide bonds. The van der Waals surface area contributed by atoms with Crippen molar-refractivity contribution in [2.45, 2.75) is 0 Å². The number of non-ortho nitro benzene ring substituents is 1. The number of nitrogens with one attached hydrogen (secondary N) is 3. The highest BCUT2D eigenvalue weighted by atomic mass is 16.6. The fraction of sp³-hybridized carbons (Fsp3) is 0.0714. The van der Waals surface area contributed by atoms with Gasteiger partial charge in [0, 0.05) is 83.9 Å². The van der Waals surface area contributed by atoms with Crippen LogP contribution in [0.4, 0.5) is 39.8 Å². The van der Waals surface area contributed by atoms with Gasteiger partial charge in [0.25, 0.3) is 17.3 Å². The van der Waals surface area contributed by atoms with Gasteiger partial charge < -0.3 is 20.9 Å². The van der Waals surface area contributed by atoms with Crippen LogP contribution in [-0.2, 0) is 0 Å². The number of carbonyl (C=O) groups excluding carboxylic acids is 1. The molecule has 0 bridgehead atoms. The summed E-state index contributed by atoms with van der Waals surface area (Å²) in [4.78, 5) is 41.0. The Morgan fingerprint density at radius 1 is 0.825 bits per heavy atom. The van der Waals surface area contributed by atoms with Gasteiger partial charge >= 0.3 is 0 Å². The predicted octanol–water partition coefficient (Wildman–Crippen LogP) is 5.80. The van der Waals surface area contributed by atoms with E-state index in [4.69, 9.17) is 0 Å². The number of hydrogen-bond acceptors (Lipinski definition) is 9. The highest BCUT2D eigenvalue weighted by Crippen LogP contribution is 2.35. The molecule has 12 nitrogen and oxygen atoms in total. The van der Waals surface area contributed by atoms with E-state index in [0.29, 0.717) is 29.2 Å². The molecule has 0 saturated carbocycles. The molecule has 0 radical (unpaired) electrons. The Bertz CT molecular complexity index is 1640. The lowest BCUT2D eigenvalue weighted by Gasteiger charge is -2.27. The average Bonchev–Trinajstić information content (AvgIpc) is 2.96. The van der Waals surface area contributed by atoms with Crippen LogP contribution < -0.4 is 20.9 Å². The summed E-state index contributed by atoms with van der Waals surface area (Å²) >= 11 is 0. The first-order chi connectivity index (χ1) is 19.3. The lowest BCUT2D eigenvalue weighted by Crippen LogP contribution is -2.23. The van der Waals surface area contributed by atoms with Crippen LogP contribution in [-0.4, -0.2) is 34.3 Å². The molecule has 5 rings (SSSR count). The Kier molecular flexibility index (Phi) is 7.05. The quantitative estimate of drug-likeness (QED) is 0.187. The van der Waals surface area contributed by atoms with Gasteiger partial charge in [0.15, 0.2) is 0 Å². The Morgan fingerprint density at radius 3 is 2.20 bits per heavy atom. The van der Waals surface area contributed by atoms with Gasteiger partial charge in [-0.2, -0.15) is 0 Å². The topological polar surface area (TPSA) is 156 Å². The molecule has 0 saturated heterocycles. The number of amides is 1. The van der Waals surface area contributed by atoms with E-state index >= 15 is 0 Å². The van der Waals surface area contributed by atoms with Crippen molar-refractivity contribution in [1.82, 2.24) is 4.98 Å². The number of benzene rings is 3. The number of rotatable bonds is 8. The van der Waals surface area contributed by atoms with Crippen LogP contribution >= 0.6 is 0 Å². The van der Waals surface area contributed by atoms with E-state index in [-0.39, 0.29) is 16.9 Å². The fourth-order valence-corrected chi connectivity index (χ4v) is 4.29. The van der Waals surface area contributed by atoms with Gasteiger partial charge in [0.1, 0.15) is 5.56 Å². The van der Waals surface area contributed by atoms with Crippen LogP contribution in [0.2, 0.25) is 0 Å². The molecule has 3 N–H and O–H groups in total. The van der Waals surface area contributed by atoms with Crippen LogP contribution in [0, 0.1) is 20.2 Å². The van der Waals surface area contributed by atoms with Crippen molar-refractivity contribution in [1.29, 1.82) is 0 Å². The molecule has 200 valence electrons. The first-order valence-corrected chi connectivity index (χ1v) is 12.1. The molecule has 1 aromatic heterocycles. The van der Waals surface area contributed by atoms with Crippen molar-refractivity contribution in [2.75, 3.05) is 34.4 Å². The van der Waals surface area contributed by atoms with Crippen molar-refractivity contribution in [3.63, 3.8) is 0 Å². The molecule has 3 aromatic carbocycles. The van der Waals surface area contributed by atoms with E-state index < -0.39 is 15.8 Å². The summed E-state index contributed by atoms with van der Waals surface area (Å²) in [6, 6.07) is 19.3. The first kappa shape index (κ1) is 25.9. The molecule has 1 aliphatic heterocycles. The molecule has 1 aliphatic rings. The third kappa shape index (κ3) is 5.55. The number of carbonyl (C=O) groups is 1. The summed E-state index contributed by atoms with van der Waals surface area (Å²) in [5.41, 5.74) is 3.87. The number of anilines is 5. The molecule has 2 heterocycles. The molecule has 12 heteroatoms. The molecular weight excluding hydrogens is 514 g/mol. The lowest BCUT2D eigenvalue weighted by atomic mass is 10.0. The average molecular weight is 538 g/mol. The molecule has 0 atom stereocenters. The summed E-state index contributed by atoms with van der Waals surface area (Å²) in [7, 11) is 1.86. The molecule has 40 heavy (non-hydrogen) atoms. The molecule has 0 spiro atoms. The summed E-state index contributed by atoms with van der Waals surface area (Å²) in [5.74, 6) is -0.632. The number of aromatic nitrogens is 1. The summed E-state index contributed by atoms with van der Waals surface area (Å²) in [5, 5.41) is 32.2. The Morgan fingerprint density at radius 2 is 1.50 bits per heavy atom. The van der Waals surface area contributed by atoms with Crippen molar-refractivity contribution in [3.05, 3.63) is 123 Å². The molecular formula is C28H23N7O5. The van der Waals surface area contributed by atoms with Gasteiger partial charge in [-0.3, -0.25) is 30.0 Å². The van der Waals surface area contributed by atoms with Gasteiger partial charge in [-0.05, 0) is 60.7 Å². The van der Waals surface area contributed by atoms with Crippen LogP contribution in [0.15, 0.2) is 91.3 Å². The number of nitro benzene ring substituents is 2. The van der Waals surface area contributed by atoms with Gasteiger partial charge in [0.05, 0.1) is 9.85 Å². The second-order valence-electron chi connectivity index (χ2n) is 8.96. The number of pyridine rings is 1. The van der Waals surface area contributed by atoms with Crippen molar-refractivity contribution >= 4 is 51.4 Å². The molecule has 4 aromatic rings. The van der Waals surface area contributed by atoms with E-state index in [2.05, 4.69) is 20.9 Å². The van der Waals surface area contributed by atoms with E-state index in [9.17, 15) is 25.0 Å². The fourth-order valence-electron chi connectivity index (χ4n) is 4.29. The van der Waals surface area contributed by atoms with Crippen LogP contribution in [0.25, 0.3) is 5.70 Å². The summed E-state index contributed by atoms with van der Waals surface area (Å²) < 4.78 is 0. The van der Waals surface area contributed by atoms with Gasteiger partial charge in [-0.25, -0.2) is 0 Å². The number of likely N-dealkylation sites (N-methyl/N-ethyl adjacent to an activating group) is 1. The van der Waals surface area contributed by atoms with Crippen LogP contribution in [0.3, 0.4) is 0 Å². The van der Waals surface area contributed by atoms with Crippen molar-refractivity contribution in [2.24, 2.45) is 0 Å². The second kappa shape index (κ2) is 10.9. The first-order valence-electron chi connectivity index (χ1n) is 12.1. The Balaban J connectivity index is 1.34. The zero-order chi connectivity index (χ0) is 28.2. The third-order valence-corrected chi connectivity index (χ3v) is 6.29. The lowest BCUT2D eigenvalue weighted by molar-refractivity contribution is -0.385. The van der Waals surface area contributed by atoms with E-state index in [1.807, 2.05) is 30.2 Å². The van der Waals surface area contributed by atoms with Crippen molar-refractivity contribution in [3.8, 4) is 0 Å². The predicted molar refractivity (Wildman–Crippen MR) is 153 cm³/mol. The number of fused-ring (bicyclic) bond motifs is 1. The van der Waals surface area contributed by atoms with Gasteiger partial charge in [0.2, 0.25) is 0 Å².